The molecule has 6 heteroatoms. The second kappa shape index (κ2) is 7.31. The van der Waals surface area contributed by atoms with E-state index in [2.05, 4.69) is 10.3 Å². The van der Waals surface area contributed by atoms with Crippen molar-refractivity contribution >= 4 is 17.5 Å². The maximum absolute atomic E-state index is 12.2. The zero-order valence-electron chi connectivity index (χ0n) is 12.8. The summed E-state index contributed by atoms with van der Waals surface area (Å²) in [6, 6.07) is 7.02. The molecule has 2 rings (SSSR count). The van der Waals surface area contributed by atoms with Gasteiger partial charge >= 0.3 is 0 Å². The van der Waals surface area contributed by atoms with Gasteiger partial charge in [-0.05, 0) is 38.5 Å². The molecule has 5 nitrogen and oxygen atoms in total. The van der Waals surface area contributed by atoms with Crippen LogP contribution in [-0.4, -0.2) is 27.6 Å². The summed E-state index contributed by atoms with van der Waals surface area (Å²) in [6.45, 7) is 4.87. The molecule has 0 saturated heterocycles. The summed E-state index contributed by atoms with van der Waals surface area (Å²) in [7, 11) is 0. The number of carbonyl (C=O) groups is 1. The second-order valence-electron chi connectivity index (χ2n) is 5.48. The fourth-order valence-electron chi connectivity index (χ4n) is 1.97. The van der Waals surface area contributed by atoms with Crippen molar-refractivity contribution in [2.45, 2.75) is 32.4 Å². The highest BCUT2D eigenvalue weighted by molar-refractivity contribution is 6.30. The molecule has 1 aromatic heterocycles. The lowest BCUT2D eigenvalue weighted by Gasteiger charge is -2.25. The number of nitrogens with one attached hydrogen (secondary N) is 1. The largest absolute Gasteiger partial charge is 0.478 e. The topological polar surface area (TPSA) is 56.1 Å². The molecule has 2 aromatic rings. The first kappa shape index (κ1) is 16.4. The summed E-state index contributed by atoms with van der Waals surface area (Å²) in [5.41, 5.74) is -0.959. The molecule has 22 heavy (non-hydrogen) atoms. The number of hydrogen-bond donors (Lipinski definition) is 1. The van der Waals surface area contributed by atoms with E-state index in [1.807, 2.05) is 10.8 Å². The van der Waals surface area contributed by atoms with Crippen LogP contribution in [0.4, 0.5) is 0 Å². The number of aryl methyl sites for hydroxylation is 1. The molecular weight excluding hydrogens is 302 g/mol. The first-order valence-corrected chi connectivity index (χ1v) is 7.54. The molecule has 0 fully saturated rings. The van der Waals surface area contributed by atoms with E-state index in [1.165, 1.54) is 0 Å². The standard InChI is InChI=1S/C16H20ClN3O2/c1-16(2,22-14-6-3-5-13(17)11-14)15(21)19-7-4-9-20-10-8-18-12-20/h3,5-6,8,10-12H,4,7,9H2,1-2H3,(H,19,21). The van der Waals surface area contributed by atoms with Crippen LogP contribution in [0.1, 0.15) is 20.3 Å². The average molecular weight is 322 g/mol. The number of imidazole rings is 1. The minimum absolute atomic E-state index is 0.155. The Morgan fingerprint density at radius 2 is 2.27 bits per heavy atom. The Kier molecular flexibility index (Phi) is 5.44. The molecule has 118 valence electrons. The monoisotopic (exact) mass is 321 g/mol. The van der Waals surface area contributed by atoms with E-state index in [1.54, 1.807) is 50.6 Å². The first-order chi connectivity index (χ1) is 10.5. The molecule has 0 saturated carbocycles. The van der Waals surface area contributed by atoms with Crippen molar-refractivity contribution in [3.63, 3.8) is 0 Å². The lowest BCUT2D eigenvalue weighted by Crippen LogP contribution is -2.46. The number of rotatable bonds is 7. The van der Waals surface area contributed by atoms with Gasteiger partial charge in [-0.3, -0.25) is 4.79 Å². The number of ether oxygens (including phenoxy) is 1. The van der Waals surface area contributed by atoms with Gasteiger partial charge in [-0.2, -0.15) is 0 Å². The van der Waals surface area contributed by atoms with Crippen LogP contribution in [0.3, 0.4) is 0 Å². The summed E-state index contributed by atoms with van der Waals surface area (Å²) < 4.78 is 7.71. The van der Waals surface area contributed by atoms with Crippen molar-refractivity contribution in [2.24, 2.45) is 0 Å². The van der Waals surface area contributed by atoms with Crippen molar-refractivity contribution in [2.75, 3.05) is 6.54 Å². The molecule has 1 N–H and O–H groups in total. The van der Waals surface area contributed by atoms with Gasteiger partial charge in [0.2, 0.25) is 0 Å². The predicted octanol–water partition coefficient (Wildman–Crippen LogP) is 2.90. The lowest BCUT2D eigenvalue weighted by molar-refractivity contribution is -0.134. The Balaban J connectivity index is 1.79. The van der Waals surface area contributed by atoms with E-state index in [0.717, 1.165) is 13.0 Å². The predicted molar refractivity (Wildman–Crippen MR) is 86.0 cm³/mol. The van der Waals surface area contributed by atoms with Crippen molar-refractivity contribution in [1.29, 1.82) is 0 Å². The van der Waals surface area contributed by atoms with Gasteiger partial charge in [0.15, 0.2) is 5.60 Å². The van der Waals surface area contributed by atoms with E-state index in [4.69, 9.17) is 16.3 Å². The number of halogens is 1. The van der Waals surface area contributed by atoms with Gasteiger partial charge in [0.1, 0.15) is 5.75 Å². The Morgan fingerprint density at radius 3 is 2.95 bits per heavy atom. The number of nitrogens with zero attached hydrogens (tertiary/aromatic N) is 2. The van der Waals surface area contributed by atoms with Gasteiger partial charge < -0.3 is 14.6 Å². The highest BCUT2D eigenvalue weighted by Crippen LogP contribution is 2.22. The highest BCUT2D eigenvalue weighted by Gasteiger charge is 2.29. The molecule has 0 aliphatic rings. The molecule has 0 radical (unpaired) electrons. The Hall–Kier alpha value is -2.01. The first-order valence-electron chi connectivity index (χ1n) is 7.16. The van der Waals surface area contributed by atoms with E-state index < -0.39 is 5.60 Å². The van der Waals surface area contributed by atoms with Gasteiger partial charge in [-0.15, -0.1) is 0 Å². The highest BCUT2D eigenvalue weighted by atomic mass is 35.5. The van der Waals surface area contributed by atoms with E-state index in [0.29, 0.717) is 17.3 Å². The maximum Gasteiger partial charge on any atom is 0.263 e. The van der Waals surface area contributed by atoms with Gasteiger partial charge in [0.25, 0.3) is 5.91 Å². The third kappa shape index (κ3) is 4.77. The van der Waals surface area contributed by atoms with Crippen LogP contribution in [0.25, 0.3) is 0 Å². The summed E-state index contributed by atoms with van der Waals surface area (Å²) >= 11 is 5.92. The van der Waals surface area contributed by atoms with Crippen LogP contribution < -0.4 is 10.1 Å². The third-order valence-corrected chi connectivity index (χ3v) is 3.39. The molecule has 0 atom stereocenters. The second-order valence-corrected chi connectivity index (χ2v) is 5.92. The summed E-state index contributed by atoms with van der Waals surface area (Å²) in [5.74, 6) is 0.421. The molecule has 1 amide bonds. The Bertz CT molecular complexity index is 612. The minimum atomic E-state index is -0.959. The van der Waals surface area contributed by atoms with Crippen LogP contribution in [0.5, 0.6) is 5.75 Å². The quantitative estimate of drug-likeness (QED) is 0.798. The molecule has 0 unspecified atom stereocenters. The summed E-state index contributed by atoms with van der Waals surface area (Å²) in [6.07, 6.45) is 6.22. The van der Waals surface area contributed by atoms with E-state index in [-0.39, 0.29) is 5.91 Å². The molecular formula is C16H20ClN3O2. The average Bonchev–Trinajstić information content (AvgIpc) is 2.96. The lowest BCUT2D eigenvalue weighted by atomic mass is 10.1. The number of aromatic nitrogens is 2. The maximum atomic E-state index is 12.2. The molecule has 0 aliphatic carbocycles. The van der Waals surface area contributed by atoms with Crippen LogP contribution in [0.15, 0.2) is 43.0 Å². The van der Waals surface area contributed by atoms with Gasteiger partial charge in [-0.1, -0.05) is 17.7 Å². The molecule has 1 heterocycles. The summed E-state index contributed by atoms with van der Waals surface area (Å²) in [5, 5.41) is 3.47. The van der Waals surface area contributed by atoms with Gasteiger partial charge in [0, 0.05) is 30.5 Å². The summed E-state index contributed by atoms with van der Waals surface area (Å²) in [4.78, 5) is 16.2. The smallest absolute Gasteiger partial charge is 0.263 e. The fraction of sp³-hybridized carbons (Fsp3) is 0.375. The number of amides is 1. The minimum Gasteiger partial charge on any atom is -0.478 e. The van der Waals surface area contributed by atoms with Crippen LogP contribution >= 0.6 is 11.6 Å². The molecule has 0 bridgehead atoms. The molecule has 0 spiro atoms. The molecule has 0 aliphatic heterocycles. The van der Waals surface area contributed by atoms with Crippen LogP contribution in [0, 0.1) is 0 Å². The van der Waals surface area contributed by atoms with Gasteiger partial charge in [-0.25, -0.2) is 4.98 Å². The zero-order valence-corrected chi connectivity index (χ0v) is 13.5. The Morgan fingerprint density at radius 1 is 1.45 bits per heavy atom. The van der Waals surface area contributed by atoms with Crippen LogP contribution in [0.2, 0.25) is 5.02 Å². The van der Waals surface area contributed by atoms with Crippen molar-refractivity contribution in [3.05, 3.63) is 48.0 Å². The van der Waals surface area contributed by atoms with E-state index >= 15 is 0 Å². The fourth-order valence-corrected chi connectivity index (χ4v) is 2.15. The number of carbonyl (C=O) groups excluding carboxylic acids is 1. The third-order valence-electron chi connectivity index (χ3n) is 3.15. The Labute approximate surface area is 135 Å². The normalized spacial score (nSPS) is 11.2. The SMILES string of the molecule is CC(C)(Oc1cccc(Cl)c1)C(=O)NCCCn1ccnc1. The van der Waals surface area contributed by atoms with Crippen molar-refractivity contribution < 1.29 is 9.53 Å². The van der Waals surface area contributed by atoms with E-state index in [9.17, 15) is 4.79 Å². The zero-order chi connectivity index (χ0) is 16.0. The number of benzene rings is 1. The van der Waals surface area contributed by atoms with Gasteiger partial charge in [0.05, 0.1) is 6.33 Å². The van der Waals surface area contributed by atoms with Crippen molar-refractivity contribution in [3.8, 4) is 5.75 Å². The van der Waals surface area contributed by atoms with Crippen LogP contribution in [-0.2, 0) is 11.3 Å². The molecule has 1 aromatic carbocycles. The number of hydrogen-bond acceptors (Lipinski definition) is 3. The van der Waals surface area contributed by atoms with Crippen molar-refractivity contribution in [1.82, 2.24) is 14.9 Å².